The van der Waals surface area contributed by atoms with E-state index in [0.717, 1.165) is 6.42 Å². The molecule has 0 amide bonds. The predicted octanol–water partition coefficient (Wildman–Crippen LogP) is 1.32. The zero-order chi connectivity index (χ0) is 8.10. The molecule has 0 unspecified atom stereocenters. The van der Waals surface area contributed by atoms with Crippen molar-refractivity contribution in [1.29, 1.82) is 0 Å². The topological polar surface area (TPSA) is 46.2 Å². The summed E-state index contributed by atoms with van der Waals surface area (Å²) in [6.07, 6.45) is 0.790. The van der Waals surface area contributed by atoms with E-state index in [-0.39, 0.29) is 12.4 Å². The molecule has 0 heterocycles. The maximum absolute atomic E-state index is 8.79. The molecule has 1 rings (SSSR count). The summed E-state index contributed by atoms with van der Waals surface area (Å²) >= 11 is 0. The van der Waals surface area contributed by atoms with Crippen LogP contribution in [0.3, 0.4) is 0 Å². The van der Waals surface area contributed by atoms with E-state index in [1.807, 2.05) is 30.3 Å². The van der Waals surface area contributed by atoms with Crippen molar-refractivity contribution < 1.29 is 5.11 Å². The minimum atomic E-state index is -0.685. The third kappa shape index (κ3) is 4.34. The van der Waals surface area contributed by atoms with E-state index >= 15 is 0 Å². The van der Waals surface area contributed by atoms with Gasteiger partial charge in [-0.2, -0.15) is 0 Å². The van der Waals surface area contributed by atoms with Crippen LogP contribution in [0.4, 0.5) is 0 Å². The van der Waals surface area contributed by atoms with Crippen LogP contribution >= 0.6 is 12.4 Å². The van der Waals surface area contributed by atoms with Crippen LogP contribution in [0.1, 0.15) is 12.0 Å². The molecule has 1 aromatic rings. The molecule has 0 radical (unpaired) electrons. The molecule has 1 aromatic carbocycles. The van der Waals surface area contributed by atoms with E-state index in [2.05, 4.69) is 0 Å². The van der Waals surface area contributed by atoms with E-state index in [0.29, 0.717) is 6.42 Å². The highest BCUT2D eigenvalue weighted by Crippen LogP contribution is 2.02. The summed E-state index contributed by atoms with van der Waals surface area (Å²) in [7, 11) is 0. The zero-order valence-electron chi connectivity index (χ0n) is 6.81. The summed E-state index contributed by atoms with van der Waals surface area (Å²) in [5.41, 5.74) is 6.42. The lowest BCUT2D eigenvalue weighted by Gasteiger charge is -2.02. The molecule has 1 atom stereocenters. The first-order valence-electron chi connectivity index (χ1n) is 3.76. The highest BCUT2D eigenvalue weighted by Gasteiger charge is 1.95. The summed E-state index contributed by atoms with van der Waals surface area (Å²) < 4.78 is 0. The van der Waals surface area contributed by atoms with Gasteiger partial charge in [0.2, 0.25) is 0 Å². The Kier molecular flexibility index (Phi) is 5.72. The molecule has 0 aliphatic heterocycles. The summed E-state index contributed by atoms with van der Waals surface area (Å²) in [5.74, 6) is 0. The Labute approximate surface area is 78.8 Å². The molecule has 0 saturated heterocycles. The van der Waals surface area contributed by atoms with Crippen LogP contribution < -0.4 is 5.73 Å². The van der Waals surface area contributed by atoms with Gasteiger partial charge in [-0.1, -0.05) is 30.3 Å². The number of nitrogens with two attached hydrogens (primary N) is 1. The van der Waals surface area contributed by atoms with Gasteiger partial charge in [-0.3, -0.25) is 0 Å². The van der Waals surface area contributed by atoms with E-state index in [9.17, 15) is 0 Å². The van der Waals surface area contributed by atoms with Gasteiger partial charge in [0.05, 0.1) is 0 Å². The Hall–Kier alpha value is -0.570. The van der Waals surface area contributed by atoms with Crippen LogP contribution in [0.25, 0.3) is 0 Å². The van der Waals surface area contributed by atoms with Crippen molar-refractivity contribution in [3.8, 4) is 0 Å². The van der Waals surface area contributed by atoms with Gasteiger partial charge in [0, 0.05) is 0 Å². The molecule has 68 valence electrons. The molecular formula is C9H14ClNO. The van der Waals surface area contributed by atoms with Crippen LogP contribution in [0.2, 0.25) is 0 Å². The number of aryl methyl sites for hydroxylation is 1. The highest BCUT2D eigenvalue weighted by molar-refractivity contribution is 5.85. The average molecular weight is 188 g/mol. The fourth-order valence-corrected chi connectivity index (χ4v) is 0.959. The first-order chi connectivity index (χ1) is 5.29. The highest BCUT2D eigenvalue weighted by atomic mass is 35.5. The number of rotatable bonds is 3. The van der Waals surface area contributed by atoms with E-state index < -0.39 is 6.23 Å². The first kappa shape index (κ1) is 11.4. The summed E-state index contributed by atoms with van der Waals surface area (Å²) in [6, 6.07) is 10.0. The van der Waals surface area contributed by atoms with Crippen molar-refractivity contribution in [2.45, 2.75) is 19.1 Å². The number of hydrogen-bond donors (Lipinski definition) is 2. The number of aliphatic hydroxyl groups is 1. The lowest BCUT2D eigenvalue weighted by atomic mass is 10.1. The number of halogens is 1. The zero-order valence-corrected chi connectivity index (χ0v) is 7.63. The number of benzene rings is 1. The lowest BCUT2D eigenvalue weighted by Crippen LogP contribution is -2.19. The Morgan fingerprint density at radius 2 is 1.83 bits per heavy atom. The van der Waals surface area contributed by atoms with Gasteiger partial charge in [-0.15, -0.1) is 12.4 Å². The lowest BCUT2D eigenvalue weighted by molar-refractivity contribution is 0.172. The van der Waals surface area contributed by atoms with Gasteiger partial charge in [0.25, 0.3) is 0 Å². The second-order valence-corrected chi connectivity index (χ2v) is 2.59. The summed E-state index contributed by atoms with van der Waals surface area (Å²) in [4.78, 5) is 0. The van der Waals surface area contributed by atoms with Gasteiger partial charge in [-0.05, 0) is 18.4 Å². The molecular weight excluding hydrogens is 174 g/mol. The molecule has 12 heavy (non-hydrogen) atoms. The molecule has 3 N–H and O–H groups in total. The van der Waals surface area contributed by atoms with Crippen LogP contribution in [0, 0.1) is 0 Å². The van der Waals surface area contributed by atoms with Crippen LogP contribution in [0.5, 0.6) is 0 Å². The molecule has 0 spiro atoms. The molecule has 2 nitrogen and oxygen atoms in total. The summed E-state index contributed by atoms with van der Waals surface area (Å²) in [6.45, 7) is 0. The predicted molar refractivity (Wildman–Crippen MR) is 52.2 cm³/mol. The van der Waals surface area contributed by atoms with Gasteiger partial charge in [0.1, 0.15) is 6.23 Å². The maximum Gasteiger partial charge on any atom is 0.102 e. The minimum absolute atomic E-state index is 0. The minimum Gasteiger partial charge on any atom is -0.379 e. The van der Waals surface area contributed by atoms with E-state index in [1.54, 1.807) is 0 Å². The van der Waals surface area contributed by atoms with Gasteiger partial charge in [-0.25, -0.2) is 0 Å². The molecule has 0 aliphatic rings. The number of hydrogen-bond acceptors (Lipinski definition) is 2. The van der Waals surface area contributed by atoms with Gasteiger partial charge >= 0.3 is 0 Å². The third-order valence-electron chi connectivity index (χ3n) is 1.57. The van der Waals surface area contributed by atoms with Crippen LogP contribution in [0.15, 0.2) is 30.3 Å². The molecule has 0 aromatic heterocycles. The smallest absolute Gasteiger partial charge is 0.102 e. The molecule has 0 saturated carbocycles. The van der Waals surface area contributed by atoms with Gasteiger partial charge < -0.3 is 10.8 Å². The van der Waals surface area contributed by atoms with Crippen molar-refractivity contribution in [1.82, 2.24) is 0 Å². The Morgan fingerprint density at radius 1 is 1.25 bits per heavy atom. The largest absolute Gasteiger partial charge is 0.379 e. The Morgan fingerprint density at radius 3 is 2.33 bits per heavy atom. The molecule has 0 bridgehead atoms. The Balaban J connectivity index is 0.00000121. The monoisotopic (exact) mass is 187 g/mol. The second kappa shape index (κ2) is 6.00. The van der Waals surface area contributed by atoms with Crippen LogP contribution in [-0.2, 0) is 6.42 Å². The van der Waals surface area contributed by atoms with Crippen molar-refractivity contribution >= 4 is 12.4 Å². The normalized spacial score (nSPS) is 11.8. The maximum atomic E-state index is 8.79. The molecule has 3 heteroatoms. The van der Waals surface area contributed by atoms with Crippen molar-refractivity contribution in [3.63, 3.8) is 0 Å². The van der Waals surface area contributed by atoms with Crippen molar-refractivity contribution in [2.75, 3.05) is 0 Å². The quantitative estimate of drug-likeness (QED) is 0.702. The standard InChI is InChI=1S/C9H13NO.ClH/c10-9(11)7-6-8-4-2-1-3-5-8;/h1-5,9,11H,6-7,10H2;1H/t9-;/m1./s1. The fraction of sp³-hybridized carbons (Fsp3) is 0.333. The SMILES string of the molecule is Cl.N[C@H](O)CCc1ccccc1. The molecule has 0 fully saturated rings. The van der Waals surface area contributed by atoms with Crippen molar-refractivity contribution in [2.24, 2.45) is 5.73 Å². The summed E-state index contributed by atoms with van der Waals surface area (Å²) in [5, 5.41) is 8.79. The average Bonchev–Trinajstić information content (AvgIpc) is 2.03. The molecule has 0 aliphatic carbocycles. The second-order valence-electron chi connectivity index (χ2n) is 2.59. The Bertz CT molecular complexity index is 201. The van der Waals surface area contributed by atoms with E-state index in [4.69, 9.17) is 10.8 Å². The van der Waals surface area contributed by atoms with E-state index in [1.165, 1.54) is 5.56 Å². The number of aliphatic hydroxyl groups excluding tert-OH is 1. The van der Waals surface area contributed by atoms with Crippen molar-refractivity contribution in [3.05, 3.63) is 35.9 Å². The van der Waals surface area contributed by atoms with Gasteiger partial charge in [0.15, 0.2) is 0 Å². The third-order valence-corrected chi connectivity index (χ3v) is 1.57. The van der Waals surface area contributed by atoms with Crippen LogP contribution in [-0.4, -0.2) is 11.3 Å². The first-order valence-corrected chi connectivity index (χ1v) is 3.76. The fourth-order valence-electron chi connectivity index (χ4n) is 0.959.